The number of anilines is 2. The van der Waals surface area contributed by atoms with Gasteiger partial charge in [0.25, 0.3) is 11.8 Å². The van der Waals surface area contributed by atoms with Crippen LogP contribution in [0.25, 0.3) is 11.1 Å². The zero-order chi connectivity index (χ0) is 25.1. The van der Waals surface area contributed by atoms with Gasteiger partial charge in [-0.25, -0.2) is 0 Å². The minimum atomic E-state index is -0.421. The van der Waals surface area contributed by atoms with E-state index < -0.39 is 5.91 Å². The maximum atomic E-state index is 13.2. The van der Waals surface area contributed by atoms with E-state index in [9.17, 15) is 14.7 Å². The third-order valence-corrected chi connectivity index (χ3v) is 6.11. The molecule has 0 spiro atoms. The van der Waals surface area contributed by atoms with Crippen LogP contribution in [0.2, 0.25) is 10.0 Å². The molecule has 0 saturated carbocycles. The highest BCUT2D eigenvalue weighted by molar-refractivity contribution is 6.35. The van der Waals surface area contributed by atoms with E-state index in [2.05, 4.69) is 5.32 Å². The third kappa shape index (κ3) is 5.32. The predicted molar refractivity (Wildman–Crippen MR) is 142 cm³/mol. The first-order valence-corrected chi connectivity index (χ1v) is 11.5. The van der Waals surface area contributed by atoms with E-state index in [-0.39, 0.29) is 22.2 Å². The normalized spacial score (nSPS) is 10.6. The summed E-state index contributed by atoms with van der Waals surface area (Å²) in [5, 5.41) is 13.5. The summed E-state index contributed by atoms with van der Waals surface area (Å²) in [5.41, 5.74) is 4.21. The van der Waals surface area contributed by atoms with Crippen LogP contribution >= 0.6 is 23.2 Å². The molecule has 35 heavy (non-hydrogen) atoms. The Morgan fingerprint density at radius 2 is 1.60 bits per heavy atom. The van der Waals surface area contributed by atoms with Crippen LogP contribution in [0.4, 0.5) is 11.4 Å². The van der Waals surface area contributed by atoms with Gasteiger partial charge in [-0.1, -0.05) is 71.2 Å². The standard InChI is InChI=1S/C28H22Cl2N2O3/c1-17-8-11-21(18-6-4-3-5-7-18)23(14-17)27(34)31-20-10-12-22(24(30)16-20)28(35)32(2)25-13-9-19(29)15-26(25)33/h3-16,33H,1-2H3,(H,31,34). The van der Waals surface area contributed by atoms with E-state index in [1.165, 1.54) is 30.1 Å². The van der Waals surface area contributed by atoms with Gasteiger partial charge in [-0.3, -0.25) is 9.59 Å². The van der Waals surface area contributed by atoms with Gasteiger partial charge in [0.1, 0.15) is 5.75 Å². The van der Waals surface area contributed by atoms with Crippen molar-refractivity contribution in [2.24, 2.45) is 0 Å². The highest BCUT2D eigenvalue weighted by Crippen LogP contribution is 2.32. The number of hydrogen-bond acceptors (Lipinski definition) is 3. The predicted octanol–water partition coefficient (Wildman–Crippen LogP) is 7.20. The molecule has 176 valence electrons. The van der Waals surface area contributed by atoms with E-state index in [1.807, 2.05) is 55.5 Å². The first-order valence-electron chi connectivity index (χ1n) is 10.8. The molecule has 4 aromatic carbocycles. The molecule has 0 aliphatic rings. The van der Waals surface area contributed by atoms with Crippen molar-refractivity contribution >= 4 is 46.4 Å². The van der Waals surface area contributed by atoms with Crippen molar-refractivity contribution in [3.05, 3.63) is 112 Å². The fraction of sp³-hybridized carbons (Fsp3) is 0.0714. The number of halogens is 2. The van der Waals surface area contributed by atoms with Crippen LogP contribution < -0.4 is 10.2 Å². The minimum Gasteiger partial charge on any atom is -0.506 e. The van der Waals surface area contributed by atoms with Gasteiger partial charge in [0, 0.05) is 29.4 Å². The summed E-state index contributed by atoms with van der Waals surface area (Å²) in [6.07, 6.45) is 0. The topological polar surface area (TPSA) is 69.6 Å². The lowest BCUT2D eigenvalue weighted by molar-refractivity contribution is 0.0991. The quantitative estimate of drug-likeness (QED) is 0.301. The van der Waals surface area contributed by atoms with E-state index in [4.69, 9.17) is 23.2 Å². The number of rotatable bonds is 5. The summed E-state index contributed by atoms with van der Waals surface area (Å²) in [6, 6.07) is 24.6. The zero-order valence-electron chi connectivity index (χ0n) is 19.0. The Hall–Kier alpha value is -3.80. The number of hydrogen-bond donors (Lipinski definition) is 2. The molecule has 4 aromatic rings. The number of amides is 2. The number of nitrogens with one attached hydrogen (secondary N) is 1. The van der Waals surface area contributed by atoms with Gasteiger partial charge in [0.2, 0.25) is 0 Å². The summed E-state index contributed by atoms with van der Waals surface area (Å²) < 4.78 is 0. The van der Waals surface area contributed by atoms with E-state index >= 15 is 0 Å². The Bertz CT molecular complexity index is 1420. The van der Waals surface area contributed by atoms with Crippen molar-refractivity contribution in [3.63, 3.8) is 0 Å². The maximum absolute atomic E-state index is 13.2. The number of carbonyl (C=O) groups is 2. The summed E-state index contributed by atoms with van der Waals surface area (Å²) in [7, 11) is 1.53. The van der Waals surface area contributed by atoms with E-state index in [1.54, 1.807) is 18.2 Å². The number of aromatic hydroxyl groups is 1. The van der Waals surface area contributed by atoms with Gasteiger partial charge in [0.05, 0.1) is 16.3 Å². The average molecular weight is 505 g/mol. The SMILES string of the molecule is Cc1ccc(-c2ccccc2)c(C(=O)Nc2ccc(C(=O)N(C)c3ccc(Cl)cc3O)c(Cl)c2)c1. The Morgan fingerprint density at radius 1 is 0.857 bits per heavy atom. The molecule has 0 aromatic heterocycles. The van der Waals surface area contributed by atoms with Crippen molar-refractivity contribution in [2.45, 2.75) is 6.92 Å². The van der Waals surface area contributed by atoms with Crippen LogP contribution in [-0.4, -0.2) is 24.0 Å². The fourth-order valence-electron chi connectivity index (χ4n) is 3.75. The minimum absolute atomic E-state index is 0.124. The molecule has 0 fully saturated rings. The van der Waals surface area contributed by atoms with Crippen LogP contribution in [0, 0.1) is 6.92 Å². The summed E-state index contributed by atoms with van der Waals surface area (Å²) in [4.78, 5) is 27.5. The molecular weight excluding hydrogens is 483 g/mol. The number of benzene rings is 4. The number of phenolic OH excluding ortho intramolecular Hbond substituents is 1. The molecule has 5 nitrogen and oxygen atoms in total. The third-order valence-electron chi connectivity index (χ3n) is 5.57. The molecule has 2 N–H and O–H groups in total. The second-order valence-corrected chi connectivity index (χ2v) is 8.90. The van der Waals surface area contributed by atoms with Crippen molar-refractivity contribution < 1.29 is 14.7 Å². The molecule has 4 rings (SSSR count). The lowest BCUT2D eigenvalue weighted by Gasteiger charge is -2.19. The summed E-state index contributed by atoms with van der Waals surface area (Å²) >= 11 is 12.3. The lowest BCUT2D eigenvalue weighted by atomic mass is 9.97. The van der Waals surface area contributed by atoms with Crippen LogP contribution in [0.3, 0.4) is 0 Å². The van der Waals surface area contributed by atoms with Gasteiger partial charge in [-0.15, -0.1) is 0 Å². The number of nitrogens with zero attached hydrogens (tertiary/aromatic N) is 1. The molecule has 0 unspecified atom stereocenters. The first kappa shape index (κ1) is 24.3. The molecule has 0 aliphatic heterocycles. The largest absolute Gasteiger partial charge is 0.506 e. The number of aryl methyl sites for hydroxylation is 1. The van der Waals surface area contributed by atoms with E-state index in [0.29, 0.717) is 22.0 Å². The Morgan fingerprint density at radius 3 is 2.29 bits per heavy atom. The summed E-state index contributed by atoms with van der Waals surface area (Å²) in [6.45, 7) is 1.93. The van der Waals surface area contributed by atoms with Crippen LogP contribution in [0.15, 0.2) is 84.9 Å². The number of carbonyl (C=O) groups excluding carboxylic acids is 2. The van der Waals surface area contributed by atoms with Gasteiger partial charge >= 0.3 is 0 Å². The maximum Gasteiger partial charge on any atom is 0.259 e. The van der Waals surface area contributed by atoms with Crippen molar-refractivity contribution in [2.75, 3.05) is 17.3 Å². The molecular formula is C28H22Cl2N2O3. The summed E-state index contributed by atoms with van der Waals surface area (Å²) in [5.74, 6) is -0.831. The van der Waals surface area contributed by atoms with E-state index in [0.717, 1.165) is 16.7 Å². The molecule has 0 atom stereocenters. The zero-order valence-corrected chi connectivity index (χ0v) is 20.6. The molecule has 0 aliphatic carbocycles. The number of phenols is 1. The van der Waals surface area contributed by atoms with Crippen LogP contribution in [-0.2, 0) is 0 Å². The van der Waals surface area contributed by atoms with Crippen molar-refractivity contribution in [3.8, 4) is 16.9 Å². The Kier molecular flexibility index (Phi) is 7.10. The first-order chi connectivity index (χ1) is 16.7. The average Bonchev–Trinajstić information content (AvgIpc) is 2.84. The fourth-order valence-corrected chi connectivity index (χ4v) is 4.18. The molecule has 0 radical (unpaired) electrons. The lowest BCUT2D eigenvalue weighted by Crippen LogP contribution is -2.26. The van der Waals surface area contributed by atoms with Gasteiger partial charge in [0.15, 0.2) is 0 Å². The van der Waals surface area contributed by atoms with Crippen LogP contribution in [0.5, 0.6) is 5.75 Å². The van der Waals surface area contributed by atoms with Gasteiger partial charge < -0.3 is 15.3 Å². The molecule has 0 saturated heterocycles. The van der Waals surface area contributed by atoms with Crippen molar-refractivity contribution in [1.29, 1.82) is 0 Å². The second-order valence-electron chi connectivity index (χ2n) is 8.06. The monoisotopic (exact) mass is 504 g/mol. The second kappa shape index (κ2) is 10.2. The Balaban J connectivity index is 1.58. The molecule has 2 amide bonds. The van der Waals surface area contributed by atoms with Gasteiger partial charge in [-0.2, -0.15) is 0 Å². The van der Waals surface area contributed by atoms with Crippen LogP contribution in [0.1, 0.15) is 26.3 Å². The Labute approximate surface area is 213 Å². The van der Waals surface area contributed by atoms with Gasteiger partial charge in [-0.05, 0) is 54.4 Å². The van der Waals surface area contributed by atoms with Crippen molar-refractivity contribution in [1.82, 2.24) is 0 Å². The highest BCUT2D eigenvalue weighted by Gasteiger charge is 2.20. The smallest absolute Gasteiger partial charge is 0.259 e. The molecule has 0 heterocycles. The molecule has 7 heteroatoms. The molecule has 0 bridgehead atoms. The highest BCUT2D eigenvalue weighted by atomic mass is 35.5.